The van der Waals surface area contributed by atoms with Gasteiger partial charge in [0.15, 0.2) is 0 Å². The maximum absolute atomic E-state index is 12.9. The Bertz CT molecular complexity index is 485. The van der Waals surface area contributed by atoms with E-state index in [2.05, 4.69) is 4.72 Å². The number of hydrogen-bond donors (Lipinski definition) is 2. The first-order valence-corrected chi connectivity index (χ1v) is 6.65. The molecule has 0 heterocycles. The number of rotatable bonds is 5. The fourth-order valence-electron chi connectivity index (χ4n) is 1.39. The van der Waals surface area contributed by atoms with Crippen LogP contribution in [0.15, 0.2) is 29.2 Å². The van der Waals surface area contributed by atoms with Crippen LogP contribution in [0.25, 0.3) is 0 Å². The van der Waals surface area contributed by atoms with Crippen LogP contribution in [0, 0.1) is 5.82 Å². The van der Waals surface area contributed by atoms with E-state index in [-0.39, 0.29) is 17.9 Å². The molecule has 0 bridgehead atoms. The Morgan fingerprint density at radius 3 is 2.59 bits per heavy atom. The fraction of sp³-hybridized carbons (Fsp3) is 0.455. The first-order chi connectivity index (χ1) is 7.77. The van der Waals surface area contributed by atoms with Crippen LogP contribution in [0.3, 0.4) is 0 Å². The summed E-state index contributed by atoms with van der Waals surface area (Å²) >= 11 is 0. The lowest BCUT2D eigenvalue weighted by molar-refractivity contribution is 0.245. The summed E-state index contributed by atoms with van der Waals surface area (Å²) in [6.07, 6.45) is 0.279. The molecule has 0 aliphatic heterocycles. The number of benzene rings is 1. The van der Waals surface area contributed by atoms with E-state index >= 15 is 0 Å². The van der Waals surface area contributed by atoms with Crippen molar-refractivity contribution in [2.24, 2.45) is 0 Å². The zero-order valence-corrected chi connectivity index (χ0v) is 10.6. The molecule has 0 spiro atoms. The molecule has 0 fully saturated rings. The average molecular weight is 261 g/mol. The Morgan fingerprint density at radius 2 is 2.06 bits per heavy atom. The van der Waals surface area contributed by atoms with Gasteiger partial charge in [-0.1, -0.05) is 6.07 Å². The van der Waals surface area contributed by atoms with Gasteiger partial charge in [0.05, 0.1) is 4.90 Å². The molecule has 2 N–H and O–H groups in total. The molecule has 1 aromatic carbocycles. The van der Waals surface area contributed by atoms with Crippen molar-refractivity contribution in [2.75, 3.05) is 6.61 Å². The van der Waals surface area contributed by atoms with Crippen molar-refractivity contribution in [3.05, 3.63) is 30.1 Å². The maximum Gasteiger partial charge on any atom is 0.241 e. The molecule has 0 aliphatic rings. The van der Waals surface area contributed by atoms with E-state index in [1.54, 1.807) is 13.8 Å². The lowest BCUT2D eigenvalue weighted by Crippen LogP contribution is -2.43. The highest BCUT2D eigenvalue weighted by Gasteiger charge is 2.25. The van der Waals surface area contributed by atoms with Crippen LogP contribution in [0.2, 0.25) is 0 Å². The number of aliphatic hydroxyl groups is 1. The van der Waals surface area contributed by atoms with Crippen molar-refractivity contribution < 1.29 is 17.9 Å². The molecule has 0 aromatic heterocycles. The van der Waals surface area contributed by atoms with Gasteiger partial charge >= 0.3 is 0 Å². The Labute approximate surface area is 101 Å². The third-order valence-electron chi connectivity index (χ3n) is 2.25. The zero-order chi connectivity index (χ0) is 13.1. The first kappa shape index (κ1) is 14.1. The number of halogens is 1. The molecular weight excluding hydrogens is 245 g/mol. The second-order valence-corrected chi connectivity index (χ2v) is 6.10. The molecule has 4 nitrogen and oxygen atoms in total. The van der Waals surface area contributed by atoms with Gasteiger partial charge in [0.2, 0.25) is 10.0 Å². The Morgan fingerprint density at radius 1 is 1.41 bits per heavy atom. The van der Waals surface area contributed by atoms with E-state index in [4.69, 9.17) is 5.11 Å². The van der Waals surface area contributed by atoms with E-state index in [1.807, 2.05) is 0 Å². The highest BCUT2D eigenvalue weighted by molar-refractivity contribution is 7.89. The van der Waals surface area contributed by atoms with Gasteiger partial charge in [-0.25, -0.2) is 17.5 Å². The van der Waals surface area contributed by atoms with Crippen molar-refractivity contribution in [1.82, 2.24) is 4.72 Å². The molecule has 0 atom stereocenters. The molecule has 0 saturated carbocycles. The van der Waals surface area contributed by atoms with Gasteiger partial charge in [-0.3, -0.25) is 0 Å². The molecule has 1 rings (SSSR count). The minimum atomic E-state index is -3.76. The number of nitrogens with one attached hydrogen (secondary N) is 1. The summed E-state index contributed by atoms with van der Waals surface area (Å²) in [5.41, 5.74) is -0.778. The van der Waals surface area contributed by atoms with E-state index in [0.29, 0.717) is 0 Å². The van der Waals surface area contributed by atoms with Crippen molar-refractivity contribution >= 4 is 10.0 Å². The molecular formula is C11H16FNO3S. The molecule has 1 aromatic rings. The molecule has 0 amide bonds. The summed E-state index contributed by atoms with van der Waals surface area (Å²) in [6.45, 7) is 3.18. The smallest absolute Gasteiger partial charge is 0.241 e. The lowest BCUT2D eigenvalue weighted by atomic mass is 10.0. The van der Waals surface area contributed by atoms with Gasteiger partial charge in [-0.05, 0) is 38.5 Å². The van der Waals surface area contributed by atoms with Gasteiger partial charge in [0, 0.05) is 12.1 Å². The zero-order valence-electron chi connectivity index (χ0n) is 9.77. The molecule has 0 aliphatic carbocycles. The van der Waals surface area contributed by atoms with Gasteiger partial charge in [0.1, 0.15) is 5.82 Å². The third-order valence-corrected chi connectivity index (χ3v) is 3.95. The first-order valence-electron chi connectivity index (χ1n) is 5.17. The van der Waals surface area contributed by atoms with E-state index < -0.39 is 21.4 Å². The van der Waals surface area contributed by atoms with Crippen molar-refractivity contribution in [3.63, 3.8) is 0 Å². The molecule has 0 unspecified atom stereocenters. The van der Waals surface area contributed by atoms with Crippen LogP contribution in [-0.4, -0.2) is 25.7 Å². The molecule has 0 radical (unpaired) electrons. The summed E-state index contributed by atoms with van der Waals surface area (Å²) in [6, 6.07) is 4.79. The molecule has 96 valence electrons. The lowest BCUT2D eigenvalue weighted by Gasteiger charge is -2.24. The fourth-order valence-corrected chi connectivity index (χ4v) is 2.86. The Balaban J connectivity index is 2.97. The van der Waals surface area contributed by atoms with Crippen LogP contribution >= 0.6 is 0 Å². The number of hydrogen-bond acceptors (Lipinski definition) is 3. The summed E-state index contributed by atoms with van der Waals surface area (Å²) in [7, 11) is -3.76. The normalized spacial score (nSPS) is 12.7. The predicted octanol–water partition coefficient (Wildman–Crippen LogP) is 1.26. The van der Waals surface area contributed by atoms with Crippen LogP contribution in [0.1, 0.15) is 20.3 Å². The Kier molecular flexibility index (Phi) is 4.24. The maximum atomic E-state index is 12.9. The summed E-state index contributed by atoms with van der Waals surface area (Å²) in [5.74, 6) is -0.604. The topological polar surface area (TPSA) is 66.4 Å². The van der Waals surface area contributed by atoms with Crippen molar-refractivity contribution in [2.45, 2.75) is 30.7 Å². The summed E-state index contributed by atoms with van der Waals surface area (Å²) < 4.78 is 39.2. The van der Waals surface area contributed by atoms with Crippen LogP contribution in [0.5, 0.6) is 0 Å². The Hall–Kier alpha value is -0.980. The highest BCUT2D eigenvalue weighted by atomic mass is 32.2. The quantitative estimate of drug-likeness (QED) is 0.838. The molecule has 17 heavy (non-hydrogen) atoms. The van der Waals surface area contributed by atoms with E-state index in [1.165, 1.54) is 18.2 Å². The number of sulfonamides is 1. The average Bonchev–Trinajstić information content (AvgIpc) is 2.15. The van der Waals surface area contributed by atoms with Gasteiger partial charge in [0.25, 0.3) is 0 Å². The van der Waals surface area contributed by atoms with Crippen molar-refractivity contribution in [1.29, 1.82) is 0 Å². The van der Waals surface area contributed by atoms with E-state index in [9.17, 15) is 12.8 Å². The van der Waals surface area contributed by atoms with Gasteiger partial charge < -0.3 is 5.11 Å². The van der Waals surface area contributed by atoms with Crippen LogP contribution in [0.4, 0.5) is 4.39 Å². The van der Waals surface area contributed by atoms with E-state index in [0.717, 1.165) is 6.07 Å². The minimum absolute atomic E-state index is 0.122. The standard InChI is InChI=1S/C11H16FNO3S/c1-11(2,6-7-14)13-17(15,16)10-5-3-4-9(12)8-10/h3-5,8,13-14H,6-7H2,1-2H3. The van der Waals surface area contributed by atoms with Gasteiger partial charge in [-0.15, -0.1) is 0 Å². The minimum Gasteiger partial charge on any atom is -0.396 e. The monoisotopic (exact) mass is 261 g/mol. The largest absolute Gasteiger partial charge is 0.396 e. The second kappa shape index (κ2) is 5.12. The summed E-state index contributed by atoms with van der Waals surface area (Å²) in [4.78, 5) is -0.122. The van der Waals surface area contributed by atoms with Crippen molar-refractivity contribution in [3.8, 4) is 0 Å². The molecule has 0 saturated heterocycles. The predicted molar refractivity (Wildman–Crippen MR) is 62.5 cm³/mol. The third kappa shape index (κ3) is 4.07. The second-order valence-electron chi connectivity index (χ2n) is 4.42. The van der Waals surface area contributed by atoms with Crippen LogP contribution < -0.4 is 4.72 Å². The SMILES string of the molecule is CC(C)(CCO)NS(=O)(=O)c1cccc(F)c1. The van der Waals surface area contributed by atoms with Gasteiger partial charge in [-0.2, -0.15) is 0 Å². The van der Waals surface area contributed by atoms with Crippen LogP contribution in [-0.2, 0) is 10.0 Å². The highest BCUT2D eigenvalue weighted by Crippen LogP contribution is 2.16. The number of aliphatic hydroxyl groups excluding tert-OH is 1. The summed E-state index contributed by atoms with van der Waals surface area (Å²) in [5, 5.41) is 8.82. The molecule has 6 heteroatoms.